The highest BCUT2D eigenvalue weighted by molar-refractivity contribution is 6.29. The molecule has 0 aliphatic heterocycles. The van der Waals surface area contributed by atoms with Crippen molar-refractivity contribution in [2.75, 3.05) is 0 Å². The van der Waals surface area contributed by atoms with Gasteiger partial charge in [0.1, 0.15) is 5.15 Å². The maximum absolute atomic E-state index is 5.67. The molecule has 0 bridgehead atoms. The zero-order valence-corrected chi connectivity index (χ0v) is 7.43. The van der Waals surface area contributed by atoms with Crippen LogP contribution in [0.1, 0.15) is 19.0 Å². The van der Waals surface area contributed by atoms with E-state index in [1.54, 1.807) is 6.07 Å². The van der Waals surface area contributed by atoms with Crippen molar-refractivity contribution in [1.82, 2.24) is 11.1 Å². The van der Waals surface area contributed by atoms with Crippen molar-refractivity contribution in [2.45, 2.75) is 19.8 Å². The number of aryl methyl sites for hydroxylation is 1. The first-order valence-electron chi connectivity index (χ1n) is 3.44. The molecule has 0 saturated heterocycles. The Hall–Kier alpha value is -0.600. The van der Waals surface area contributed by atoms with Gasteiger partial charge in [0.15, 0.2) is 0 Å². The second-order valence-corrected chi connectivity index (χ2v) is 2.59. The van der Waals surface area contributed by atoms with Gasteiger partial charge in [-0.25, -0.2) is 4.98 Å². The average molecular weight is 173 g/mol. The van der Waals surface area contributed by atoms with Gasteiger partial charge in [-0.1, -0.05) is 31.0 Å². The Balaban J connectivity index is 0.000001000. The van der Waals surface area contributed by atoms with Crippen LogP contribution in [0.4, 0.5) is 0 Å². The molecule has 0 spiro atoms. The monoisotopic (exact) mass is 172 g/mol. The Labute approximate surface area is 72.2 Å². The predicted molar refractivity (Wildman–Crippen MR) is 48.3 cm³/mol. The van der Waals surface area contributed by atoms with Gasteiger partial charge in [-0.05, 0) is 18.6 Å². The Kier molecular flexibility index (Phi) is 4.83. The van der Waals surface area contributed by atoms with Gasteiger partial charge in [0.25, 0.3) is 0 Å². The second kappa shape index (κ2) is 5.10. The van der Waals surface area contributed by atoms with Gasteiger partial charge >= 0.3 is 0 Å². The van der Waals surface area contributed by atoms with Gasteiger partial charge in [0.05, 0.1) is 0 Å². The summed E-state index contributed by atoms with van der Waals surface area (Å²) in [5, 5.41) is 0.589. The van der Waals surface area contributed by atoms with Crippen molar-refractivity contribution in [3.8, 4) is 0 Å². The molecule has 1 rings (SSSR count). The summed E-state index contributed by atoms with van der Waals surface area (Å²) in [7, 11) is 0. The summed E-state index contributed by atoms with van der Waals surface area (Å²) in [6, 6.07) is 5.72. The summed E-state index contributed by atoms with van der Waals surface area (Å²) in [6.07, 6.45) is 2.13. The third-order valence-corrected chi connectivity index (χ3v) is 1.49. The summed E-state index contributed by atoms with van der Waals surface area (Å²) in [5.74, 6) is 0. The van der Waals surface area contributed by atoms with Gasteiger partial charge in [0, 0.05) is 5.69 Å². The molecule has 3 N–H and O–H groups in total. The van der Waals surface area contributed by atoms with E-state index in [0.29, 0.717) is 5.15 Å². The SMILES string of the molecule is CCCc1cccc(Cl)n1.N. The molecule has 0 fully saturated rings. The second-order valence-electron chi connectivity index (χ2n) is 2.20. The molecule has 0 atom stereocenters. The van der Waals surface area contributed by atoms with Gasteiger partial charge in [-0.2, -0.15) is 0 Å². The number of pyridine rings is 1. The normalized spacial score (nSPS) is 8.91. The van der Waals surface area contributed by atoms with Crippen molar-refractivity contribution in [3.63, 3.8) is 0 Å². The molecular formula is C8H13ClN2. The molecule has 1 aromatic rings. The summed E-state index contributed by atoms with van der Waals surface area (Å²) < 4.78 is 0. The Morgan fingerprint density at radius 3 is 2.73 bits per heavy atom. The Bertz CT molecular complexity index is 213. The van der Waals surface area contributed by atoms with Crippen molar-refractivity contribution in [1.29, 1.82) is 0 Å². The fourth-order valence-corrected chi connectivity index (χ4v) is 1.03. The molecule has 2 nitrogen and oxygen atoms in total. The molecule has 1 aromatic heterocycles. The third-order valence-electron chi connectivity index (χ3n) is 1.28. The molecule has 1 heterocycles. The largest absolute Gasteiger partial charge is 0.344 e. The third kappa shape index (κ3) is 3.35. The summed E-state index contributed by atoms with van der Waals surface area (Å²) in [4.78, 5) is 4.13. The van der Waals surface area contributed by atoms with Gasteiger partial charge in [0.2, 0.25) is 0 Å². The summed E-state index contributed by atoms with van der Waals surface area (Å²) >= 11 is 5.67. The molecule has 0 saturated carbocycles. The van der Waals surface area contributed by atoms with Crippen LogP contribution in [-0.2, 0) is 6.42 Å². The maximum atomic E-state index is 5.67. The standard InChI is InChI=1S/C8H10ClN.H3N/c1-2-4-7-5-3-6-8(9)10-7;/h3,5-6H,2,4H2,1H3;1H3. The molecule has 3 heteroatoms. The van der Waals surface area contributed by atoms with E-state index in [1.165, 1.54) is 0 Å². The smallest absolute Gasteiger partial charge is 0.129 e. The van der Waals surface area contributed by atoms with E-state index in [4.69, 9.17) is 11.6 Å². The van der Waals surface area contributed by atoms with Crippen molar-refractivity contribution in [2.24, 2.45) is 0 Å². The lowest BCUT2D eigenvalue weighted by Gasteiger charge is -1.95. The van der Waals surface area contributed by atoms with Crippen LogP contribution in [0.5, 0.6) is 0 Å². The first-order chi connectivity index (χ1) is 4.83. The van der Waals surface area contributed by atoms with E-state index >= 15 is 0 Å². The van der Waals surface area contributed by atoms with Crippen LogP contribution in [0.3, 0.4) is 0 Å². The molecule has 11 heavy (non-hydrogen) atoms. The van der Waals surface area contributed by atoms with Crippen LogP contribution in [0.2, 0.25) is 5.15 Å². The molecule has 0 aliphatic rings. The zero-order chi connectivity index (χ0) is 7.40. The minimum absolute atomic E-state index is 0. The van der Waals surface area contributed by atoms with Gasteiger partial charge in [-0.15, -0.1) is 0 Å². The minimum Gasteiger partial charge on any atom is -0.344 e. The number of hydrogen-bond donors (Lipinski definition) is 1. The van der Waals surface area contributed by atoms with E-state index in [1.807, 2.05) is 12.1 Å². The average Bonchev–Trinajstić information content (AvgIpc) is 1.88. The van der Waals surface area contributed by atoms with E-state index in [9.17, 15) is 0 Å². The number of nitrogens with zero attached hydrogens (tertiary/aromatic N) is 1. The predicted octanol–water partition coefficient (Wildman–Crippen LogP) is 2.85. The van der Waals surface area contributed by atoms with Crippen LogP contribution in [0.15, 0.2) is 18.2 Å². The lowest BCUT2D eigenvalue weighted by atomic mass is 10.2. The van der Waals surface area contributed by atoms with Gasteiger partial charge in [-0.3, -0.25) is 0 Å². The molecule has 0 aromatic carbocycles. The lowest BCUT2D eigenvalue weighted by Crippen LogP contribution is -1.87. The molecular weight excluding hydrogens is 160 g/mol. The topological polar surface area (TPSA) is 47.9 Å². The van der Waals surface area contributed by atoms with Crippen LogP contribution >= 0.6 is 11.6 Å². The molecule has 0 unspecified atom stereocenters. The first kappa shape index (κ1) is 10.4. The van der Waals surface area contributed by atoms with Crippen LogP contribution < -0.4 is 6.15 Å². The van der Waals surface area contributed by atoms with Crippen molar-refractivity contribution < 1.29 is 0 Å². The molecule has 0 radical (unpaired) electrons. The van der Waals surface area contributed by atoms with Crippen LogP contribution in [0, 0.1) is 0 Å². The Morgan fingerprint density at radius 2 is 2.18 bits per heavy atom. The maximum Gasteiger partial charge on any atom is 0.129 e. The van der Waals surface area contributed by atoms with E-state index < -0.39 is 0 Å². The molecule has 62 valence electrons. The minimum atomic E-state index is 0. The Morgan fingerprint density at radius 1 is 1.45 bits per heavy atom. The quantitative estimate of drug-likeness (QED) is 0.698. The first-order valence-corrected chi connectivity index (χ1v) is 3.82. The molecule has 0 amide bonds. The van der Waals surface area contributed by atoms with Crippen LogP contribution in [0.25, 0.3) is 0 Å². The number of aromatic nitrogens is 1. The lowest BCUT2D eigenvalue weighted by molar-refractivity contribution is 0.883. The number of halogens is 1. The van der Waals surface area contributed by atoms with Gasteiger partial charge < -0.3 is 6.15 Å². The highest BCUT2D eigenvalue weighted by Gasteiger charge is 1.91. The van der Waals surface area contributed by atoms with E-state index in [0.717, 1.165) is 18.5 Å². The summed E-state index contributed by atoms with van der Waals surface area (Å²) in [5.41, 5.74) is 1.08. The molecule has 0 aliphatic carbocycles. The number of rotatable bonds is 2. The fourth-order valence-electron chi connectivity index (χ4n) is 0.846. The van der Waals surface area contributed by atoms with E-state index in [-0.39, 0.29) is 6.15 Å². The van der Waals surface area contributed by atoms with Crippen molar-refractivity contribution >= 4 is 11.6 Å². The van der Waals surface area contributed by atoms with Crippen LogP contribution in [-0.4, -0.2) is 4.98 Å². The highest BCUT2D eigenvalue weighted by Crippen LogP contribution is 2.06. The van der Waals surface area contributed by atoms with Crippen molar-refractivity contribution in [3.05, 3.63) is 29.0 Å². The number of hydrogen-bond acceptors (Lipinski definition) is 2. The summed E-state index contributed by atoms with van der Waals surface area (Å²) in [6.45, 7) is 2.13. The van der Waals surface area contributed by atoms with E-state index in [2.05, 4.69) is 11.9 Å². The fraction of sp³-hybridized carbons (Fsp3) is 0.375. The highest BCUT2D eigenvalue weighted by atomic mass is 35.5. The zero-order valence-electron chi connectivity index (χ0n) is 6.68.